The zero-order chi connectivity index (χ0) is 32.8. The maximum atomic E-state index is 13.8. The van der Waals surface area contributed by atoms with Gasteiger partial charge in [0.25, 0.3) is 0 Å². The molecular weight excluding hydrogens is 632 g/mol. The van der Waals surface area contributed by atoms with Crippen molar-refractivity contribution < 1.29 is 50.4 Å². The fraction of sp³-hybridized carbons (Fsp3) is 0.429. The van der Waals surface area contributed by atoms with Crippen LogP contribution < -0.4 is 5.32 Å². The van der Waals surface area contributed by atoms with E-state index in [2.05, 4.69) is 20.1 Å². The predicted octanol–water partition coefficient (Wildman–Crippen LogP) is 4.72. The van der Waals surface area contributed by atoms with Gasteiger partial charge < -0.3 is 10.2 Å². The highest BCUT2D eigenvalue weighted by atomic mass is 32.1. The first-order chi connectivity index (χ1) is 20.9. The van der Waals surface area contributed by atoms with E-state index in [9.17, 15) is 45.5 Å². The number of amides is 3. The quantitative estimate of drug-likeness (QED) is 0.299. The van der Waals surface area contributed by atoms with Gasteiger partial charge in [0, 0.05) is 29.7 Å². The number of halogens is 6. The Bertz CT molecular complexity index is 1760. The number of aromatic nitrogens is 2. The molecule has 3 fully saturated rings. The molecule has 2 saturated heterocycles. The van der Waals surface area contributed by atoms with Gasteiger partial charge in [-0.2, -0.15) is 26.3 Å². The summed E-state index contributed by atoms with van der Waals surface area (Å²) in [5.41, 5.74) is -1.33. The number of anilines is 1. The number of pyridine rings is 2. The second kappa shape index (κ2) is 10.2. The van der Waals surface area contributed by atoms with Gasteiger partial charge in [0.1, 0.15) is 5.69 Å². The van der Waals surface area contributed by atoms with Crippen molar-refractivity contribution in [2.45, 2.75) is 39.7 Å². The fourth-order valence-corrected chi connectivity index (χ4v) is 6.93. The number of hydroxylamine groups is 2. The van der Waals surface area contributed by atoms with E-state index in [1.807, 2.05) is 13.8 Å². The van der Waals surface area contributed by atoms with E-state index < -0.39 is 41.3 Å². The van der Waals surface area contributed by atoms with E-state index in [1.54, 1.807) is 6.07 Å². The van der Waals surface area contributed by atoms with Crippen LogP contribution in [-0.4, -0.2) is 62.9 Å². The average molecular weight is 656 g/mol. The molecule has 0 bridgehead atoms. The van der Waals surface area contributed by atoms with Gasteiger partial charge in [0.05, 0.1) is 45.9 Å². The monoisotopic (exact) mass is 655 g/mol. The van der Waals surface area contributed by atoms with Crippen LogP contribution in [0.2, 0.25) is 0 Å². The maximum Gasteiger partial charge on any atom is 0.492 e. The average Bonchev–Trinajstić information content (AvgIpc) is 3.14. The Kier molecular flexibility index (Phi) is 7.00. The highest BCUT2D eigenvalue weighted by molar-refractivity contribution is 7.19. The standard InChI is InChI=1S/C28H23F6N5O5S/c1-11-6-16(27(29,30)31)36-20(19(11)37-22(40)12-8-38(9-12)44-25(43)28(32,33)34)14-4-5-35-15-7-13(45-21(14)15)10-39-23(41)17-18(24(39)42)26(17,2)3/h4-7,12,17-18H,8-10H2,1-3H3,(H,37,40). The van der Waals surface area contributed by atoms with Crippen LogP contribution in [0.4, 0.5) is 32.0 Å². The summed E-state index contributed by atoms with van der Waals surface area (Å²) in [4.78, 5) is 63.8. The molecule has 3 aromatic heterocycles. The number of likely N-dealkylation sites (tertiary alicyclic amines) is 1. The lowest BCUT2D eigenvalue weighted by Crippen LogP contribution is -2.53. The third-order valence-corrected chi connectivity index (χ3v) is 9.48. The molecule has 17 heteroatoms. The van der Waals surface area contributed by atoms with Gasteiger partial charge in [-0.05, 0) is 36.1 Å². The van der Waals surface area contributed by atoms with Gasteiger partial charge in [-0.25, -0.2) is 9.78 Å². The SMILES string of the molecule is Cc1cc(C(F)(F)F)nc(-c2ccnc3cc(CN4C(=O)C5C(C4=O)C5(C)C)sc23)c1NC(=O)C1CN(OC(=O)C(F)(F)F)C1. The number of piperidine rings is 1. The van der Waals surface area contributed by atoms with Crippen molar-refractivity contribution in [1.29, 1.82) is 0 Å². The number of aryl methyl sites for hydroxylation is 1. The second-order valence-electron chi connectivity index (χ2n) is 11.8. The molecule has 1 saturated carbocycles. The molecule has 45 heavy (non-hydrogen) atoms. The topological polar surface area (TPSA) is 122 Å². The summed E-state index contributed by atoms with van der Waals surface area (Å²) in [6, 6.07) is 3.81. The van der Waals surface area contributed by atoms with E-state index in [0.717, 1.165) is 17.4 Å². The highest BCUT2D eigenvalue weighted by Crippen LogP contribution is 2.63. The number of nitrogens with one attached hydrogen (secondary N) is 1. The first-order valence-corrected chi connectivity index (χ1v) is 14.4. The predicted molar refractivity (Wildman–Crippen MR) is 145 cm³/mol. The molecule has 2 unspecified atom stereocenters. The molecule has 10 nitrogen and oxygen atoms in total. The molecule has 5 heterocycles. The first kappa shape index (κ1) is 30.9. The number of imide groups is 1. The van der Waals surface area contributed by atoms with E-state index in [1.165, 1.54) is 24.1 Å². The van der Waals surface area contributed by atoms with Crippen LogP contribution in [0.15, 0.2) is 24.4 Å². The van der Waals surface area contributed by atoms with E-state index in [4.69, 9.17) is 0 Å². The number of alkyl halides is 6. The van der Waals surface area contributed by atoms with Crippen molar-refractivity contribution in [3.63, 3.8) is 0 Å². The molecule has 0 aromatic carbocycles. The molecule has 2 aliphatic heterocycles. The Morgan fingerprint density at radius 1 is 1.09 bits per heavy atom. The Balaban J connectivity index is 1.29. The van der Waals surface area contributed by atoms with Crippen molar-refractivity contribution in [1.82, 2.24) is 19.9 Å². The molecule has 3 amide bonds. The minimum Gasteiger partial charge on any atom is -0.361 e. The summed E-state index contributed by atoms with van der Waals surface area (Å²) in [6.07, 6.45) is -8.71. The van der Waals surface area contributed by atoms with Crippen LogP contribution in [-0.2, 0) is 36.7 Å². The van der Waals surface area contributed by atoms with Crippen molar-refractivity contribution >= 4 is 50.9 Å². The number of hydrogen-bond acceptors (Lipinski definition) is 9. The molecule has 1 N–H and O–H groups in total. The molecule has 0 spiro atoms. The van der Waals surface area contributed by atoms with Crippen LogP contribution in [0, 0.1) is 30.1 Å². The number of nitrogens with zero attached hydrogens (tertiary/aromatic N) is 4. The molecule has 3 aromatic rings. The minimum atomic E-state index is -5.22. The van der Waals surface area contributed by atoms with E-state index in [-0.39, 0.29) is 65.8 Å². The summed E-state index contributed by atoms with van der Waals surface area (Å²) in [6.45, 7) is 4.29. The van der Waals surface area contributed by atoms with Crippen LogP contribution in [0.3, 0.4) is 0 Å². The normalized spacial score (nSPS) is 21.6. The molecule has 2 atom stereocenters. The molecular formula is C28H23F6N5O5S. The number of fused-ring (bicyclic) bond motifs is 2. The van der Waals surface area contributed by atoms with Crippen molar-refractivity contribution in [3.05, 3.63) is 40.5 Å². The van der Waals surface area contributed by atoms with Gasteiger partial charge in [-0.3, -0.25) is 24.3 Å². The number of carbonyl (C=O) groups excluding carboxylic acids is 4. The van der Waals surface area contributed by atoms with Crippen LogP contribution in [0.5, 0.6) is 0 Å². The number of thiophene rings is 1. The Morgan fingerprint density at radius 3 is 2.33 bits per heavy atom. The summed E-state index contributed by atoms with van der Waals surface area (Å²) < 4.78 is 79.3. The lowest BCUT2D eigenvalue weighted by Gasteiger charge is -2.36. The number of hydrogen-bond donors (Lipinski definition) is 1. The van der Waals surface area contributed by atoms with Crippen molar-refractivity contribution in [2.24, 2.45) is 23.2 Å². The highest BCUT2D eigenvalue weighted by Gasteiger charge is 2.72. The zero-order valence-corrected chi connectivity index (χ0v) is 24.5. The molecule has 1 aliphatic carbocycles. The number of rotatable bonds is 6. The Labute approximate surface area is 254 Å². The van der Waals surface area contributed by atoms with Gasteiger partial charge >= 0.3 is 18.3 Å². The van der Waals surface area contributed by atoms with E-state index in [0.29, 0.717) is 20.2 Å². The summed E-state index contributed by atoms with van der Waals surface area (Å²) in [5, 5.41) is 3.20. The second-order valence-corrected chi connectivity index (χ2v) is 12.9. The van der Waals surface area contributed by atoms with Crippen LogP contribution >= 0.6 is 11.3 Å². The van der Waals surface area contributed by atoms with Crippen molar-refractivity contribution in [2.75, 3.05) is 18.4 Å². The Hall–Kier alpha value is -4.12. The Morgan fingerprint density at radius 2 is 1.73 bits per heavy atom. The minimum absolute atomic E-state index is 0.0113. The summed E-state index contributed by atoms with van der Waals surface area (Å²) >= 11 is 1.11. The largest absolute Gasteiger partial charge is 0.492 e. The van der Waals surface area contributed by atoms with Gasteiger partial charge in [0.15, 0.2) is 0 Å². The van der Waals surface area contributed by atoms with Crippen molar-refractivity contribution in [3.8, 4) is 11.3 Å². The number of carbonyl (C=O) groups is 4. The van der Waals surface area contributed by atoms with Gasteiger partial charge in [-0.1, -0.05) is 13.8 Å². The maximum absolute atomic E-state index is 13.8. The lowest BCUT2D eigenvalue weighted by atomic mass is 10.0. The van der Waals surface area contributed by atoms with Crippen LogP contribution in [0.25, 0.3) is 21.5 Å². The zero-order valence-electron chi connectivity index (χ0n) is 23.7. The smallest absolute Gasteiger partial charge is 0.361 e. The molecule has 238 valence electrons. The van der Waals surface area contributed by atoms with E-state index >= 15 is 0 Å². The van der Waals surface area contributed by atoms with Crippen LogP contribution in [0.1, 0.15) is 30.0 Å². The van der Waals surface area contributed by atoms with Gasteiger partial charge in [0.2, 0.25) is 17.7 Å². The molecule has 3 aliphatic rings. The molecule has 6 rings (SSSR count). The third kappa shape index (κ3) is 5.30. The third-order valence-electron chi connectivity index (χ3n) is 8.34. The summed E-state index contributed by atoms with van der Waals surface area (Å²) in [5.74, 6) is -5.41. The lowest BCUT2D eigenvalue weighted by molar-refractivity contribution is -0.256. The molecule has 0 radical (unpaired) electrons. The van der Waals surface area contributed by atoms with Gasteiger partial charge in [-0.15, -0.1) is 16.4 Å². The fourth-order valence-electron chi connectivity index (χ4n) is 5.81. The summed E-state index contributed by atoms with van der Waals surface area (Å²) in [7, 11) is 0. The first-order valence-electron chi connectivity index (χ1n) is 13.5.